The fourth-order valence-corrected chi connectivity index (χ4v) is 7.44. The Labute approximate surface area is 312 Å². The van der Waals surface area contributed by atoms with Gasteiger partial charge in [0, 0.05) is 36.7 Å². The normalized spacial score (nSPS) is 18.5. The fraction of sp³-hybridized carbons (Fsp3) is 0.463. The van der Waals surface area contributed by atoms with E-state index in [0.29, 0.717) is 47.5 Å². The summed E-state index contributed by atoms with van der Waals surface area (Å²) in [4.78, 5) is 31.1. The van der Waals surface area contributed by atoms with Crippen molar-refractivity contribution >= 4 is 22.7 Å². The molecular formula is C41H49F3N4O6. The number of unbranched alkanes of at least 4 members (excludes halogenated alkanes) is 6. The summed E-state index contributed by atoms with van der Waals surface area (Å²) in [6, 6.07) is 14.9. The SMILES string of the molecule is O=C(O[C@@H]1CN2CCC1CC2)N(Cc1cccc(OCCCCCCCCCNC[C@H](O)c2ccc(O)c3[nH]c(=O)ccc23)c1)c1cc(F)c(F)c(F)c1. The van der Waals surface area contributed by atoms with Gasteiger partial charge in [-0.05, 0) is 86.6 Å². The summed E-state index contributed by atoms with van der Waals surface area (Å²) in [7, 11) is 0. The number of carbonyl (C=O) groups is 1. The molecular weight excluding hydrogens is 701 g/mol. The summed E-state index contributed by atoms with van der Waals surface area (Å²) in [5.74, 6) is -3.53. The molecule has 0 saturated carbocycles. The highest BCUT2D eigenvalue weighted by atomic mass is 19.2. The number of rotatable bonds is 18. The maximum atomic E-state index is 14.3. The number of H-pyrrole nitrogens is 1. The van der Waals surface area contributed by atoms with Crippen molar-refractivity contribution in [1.82, 2.24) is 15.2 Å². The number of hydrogen-bond donors (Lipinski definition) is 4. The second-order valence-corrected chi connectivity index (χ2v) is 14.3. The van der Waals surface area contributed by atoms with E-state index < -0.39 is 29.6 Å². The molecule has 4 heterocycles. The summed E-state index contributed by atoms with van der Waals surface area (Å²) in [6.07, 6.45) is 7.24. The van der Waals surface area contributed by atoms with Crippen LogP contribution in [-0.4, -0.2) is 71.6 Å². The molecule has 2 bridgehead atoms. The van der Waals surface area contributed by atoms with Gasteiger partial charge < -0.3 is 30.0 Å². The van der Waals surface area contributed by atoms with E-state index in [9.17, 15) is 33.0 Å². The lowest BCUT2D eigenvalue weighted by Crippen LogP contribution is -2.53. The molecule has 0 aliphatic carbocycles. The molecule has 290 valence electrons. The summed E-state index contributed by atoms with van der Waals surface area (Å²) in [6.45, 7) is 4.15. The van der Waals surface area contributed by atoms with E-state index in [-0.39, 0.29) is 35.6 Å². The monoisotopic (exact) mass is 750 g/mol. The first-order chi connectivity index (χ1) is 26.2. The number of phenolic OH excluding ortho intramolecular Hbond substituents is 1. The highest BCUT2D eigenvalue weighted by Gasteiger charge is 2.37. The summed E-state index contributed by atoms with van der Waals surface area (Å²) in [5, 5.41) is 24.7. The van der Waals surface area contributed by atoms with E-state index in [4.69, 9.17) is 9.47 Å². The molecule has 1 amide bonds. The van der Waals surface area contributed by atoms with Gasteiger partial charge in [0.15, 0.2) is 17.5 Å². The predicted octanol–water partition coefficient (Wildman–Crippen LogP) is 7.32. The van der Waals surface area contributed by atoms with E-state index in [1.807, 2.05) is 6.07 Å². The molecule has 3 aliphatic heterocycles. The number of anilines is 1. The van der Waals surface area contributed by atoms with Gasteiger partial charge in [0.05, 0.1) is 30.5 Å². The van der Waals surface area contributed by atoms with Gasteiger partial charge in [0.1, 0.15) is 17.6 Å². The van der Waals surface area contributed by atoms with Crippen molar-refractivity contribution in [3.8, 4) is 11.5 Å². The van der Waals surface area contributed by atoms with Crippen molar-refractivity contribution in [3.05, 3.63) is 99.6 Å². The molecule has 2 atom stereocenters. The number of carbonyl (C=O) groups excluding carboxylic acids is 1. The molecule has 7 rings (SSSR count). The smallest absolute Gasteiger partial charge is 0.414 e. The number of benzene rings is 3. The molecule has 0 radical (unpaired) electrons. The quantitative estimate of drug-likeness (QED) is 0.0616. The molecule has 54 heavy (non-hydrogen) atoms. The average Bonchev–Trinajstić information content (AvgIpc) is 3.17. The third kappa shape index (κ3) is 10.1. The van der Waals surface area contributed by atoms with E-state index in [1.54, 1.807) is 30.3 Å². The molecule has 13 heteroatoms. The number of halogens is 3. The number of aromatic nitrogens is 1. The number of nitrogens with one attached hydrogen (secondary N) is 2. The van der Waals surface area contributed by atoms with Gasteiger partial charge in [-0.1, -0.05) is 50.3 Å². The number of ether oxygens (including phenoxy) is 2. The minimum Gasteiger partial charge on any atom is -0.506 e. The Morgan fingerprint density at radius 1 is 0.944 bits per heavy atom. The molecule has 0 unspecified atom stereocenters. The Hall–Kier alpha value is -4.59. The number of aliphatic hydroxyl groups excluding tert-OH is 1. The molecule has 3 aromatic carbocycles. The van der Waals surface area contributed by atoms with Crippen LogP contribution in [0.15, 0.2) is 65.5 Å². The number of aromatic amines is 1. The minimum absolute atomic E-state index is 0.0339. The number of phenols is 1. The largest absolute Gasteiger partial charge is 0.506 e. The van der Waals surface area contributed by atoms with Gasteiger partial charge in [0.2, 0.25) is 5.56 Å². The highest BCUT2D eigenvalue weighted by Crippen LogP contribution is 2.32. The Bertz CT molecular complexity index is 1910. The third-order valence-electron chi connectivity index (χ3n) is 10.5. The fourth-order valence-electron chi connectivity index (χ4n) is 7.44. The first kappa shape index (κ1) is 39.1. The Balaban J connectivity index is 0.887. The van der Waals surface area contributed by atoms with Crippen LogP contribution in [0, 0.1) is 23.4 Å². The lowest BCUT2D eigenvalue weighted by molar-refractivity contribution is -0.0311. The summed E-state index contributed by atoms with van der Waals surface area (Å²) < 4.78 is 54.2. The van der Waals surface area contributed by atoms with Crippen LogP contribution in [0.5, 0.6) is 11.5 Å². The van der Waals surface area contributed by atoms with Crippen LogP contribution in [0.4, 0.5) is 23.7 Å². The maximum Gasteiger partial charge on any atom is 0.414 e. The standard InChI is InChI=1S/C41H49F3N4O6/c42-33-22-29(23-34(43)39(33)44)48(41(52)54-37-26-47-18-15-28(37)16-19-47)25-27-9-8-10-30(21-27)53-20-7-5-3-1-2-4-6-17-45-24-36(50)31-11-13-35(49)40-32(31)12-14-38(51)46-40/h8-14,21-23,28,36-37,45,49-50H,1-7,15-20,24-26H2,(H,46,51)/t36-,37+/m0/s1. The minimum atomic E-state index is -1.59. The van der Waals surface area contributed by atoms with Crippen molar-refractivity contribution in [2.45, 2.75) is 76.5 Å². The Morgan fingerprint density at radius 3 is 2.39 bits per heavy atom. The summed E-state index contributed by atoms with van der Waals surface area (Å²) in [5.41, 5.74) is 1.19. The van der Waals surface area contributed by atoms with E-state index in [1.165, 1.54) is 12.1 Å². The van der Waals surface area contributed by atoms with Crippen LogP contribution in [0.1, 0.15) is 75.0 Å². The van der Waals surface area contributed by atoms with Gasteiger partial charge in [-0.2, -0.15) is 0 Å². The highest BCUT2D eigenvalue weighted by molar-refractivity contribution is 5.88. The molecule has 1 aromatic heterocycles. The van der Waals surface area contributed by atoms with Gasteiger partial charge in [-0.25, -0.2) is 18.0 Å². The molecule has 0 spiro atoms. The van der Waals surface area contributed by atoms with Crippen LogP contribution >= 0.6 is 0 Å². The number of amides is 1. The number of fused-ring (bicyclic) bond motifs is 4. The lowest BCUT2D eigenvalue weighted by atomic mass is 9.86. The molecule has 3 aliphatic rings. The molecule has 4 aromatic rings. The first-order valence-electron chi connectivity index (χ1n) is 19.0. The number of aromatic hydroxyl groups is 1. The Morgan fingerprint density at radius 2 is 1.67 bits per heavy atom. The lowest BCUT2D eigenvalue weighted by Gasteiger charge is -2.44. The number of aliphatic hydroxyl groups is 1. The van der Waals surface area contributed by atoms with E-state index in [0.717, 1.165) is 94.5 Å². The maximum absolute atomic E-state index is 14.3. The van der Waals surface area contributed by atoms with Crippen LogP contribution in [-0.2, 0) is 11.3 Å². The zero-order chi connectivity index (χ0) is 38.0. The second-order valence-electron chi connectivity index (χ2n) is 14.3. The molecule has 10 nitrogen and oxygen atoms in total. The average molecular weight is 751 g/mol. The zero-order valence-corrected chi connectivity index (χ0v) is 30.4. The van der Waals surface area contributed by atoms with Crippen molar-refractivity contribution < 1.29 is 37.7 Å². The second kappa shape index (κ2) is 18.6. The topological polar surface area (TPSA) is 127 Å². The van der Waals surface area contributed by atoms with Crippen LogP contribution in [0.25, 0.3) is 10.9 Å². The van der Waals surface area contributed by atoms with Crippen LogP contribution < -0.4 is 20.5 Å². The van der Waals surface area contributed by atoms with Crippen molar-refractivity contribution in [2.24, 2.45) is 5.92 Å². The van der Waals surface area contributed by atoms with Crippen LogP contribution in [0.3, 0.4) is 0 Å². The number of pyridine rings is 1. The molecule has 3 fully saturated rings. The van der Waals surface area contributed by atoms with Gasteiger partial charge in [-0.15, -0.1) is 0 Å². The number of hydrogen-bond acceptors (Lipinski definition) is 8. The van der Waals surface area contributed by atoms with Gasteiger partial charge in [-0.3, -0.25) is 14.6 Å². The number of piperidine rings is 3. The number of nitrogens with zero attached hydrogens (tertiary/aromatic N) is 2. The molecule has 3 saturated heterocycles. The van der Waals surface area contributed by atoms with E-state index in [2.05, 4.69) is 15.2 Å². The zero-order valence-electron chi connectivity index (χ0n) is 30.4. The van der Waals surface area contributed by atoms with Gasteiger partial charge in [0.25, 0.3) is 0 Å². The summed E-state index contributed by atoms with van der Waals surface area (Å²) >= 11 is 0. The molecule has 4 N–H and O–H groups in total. The first-order valence-corrected chi connectivity index (χ1v) is 19.0. The van der Waals surface area contributed by atoms with E-state index >= 15 is 0 Å². The Kier molecular flexibility index (Phi) is 13.5. The van der Waals surface area contributed by atoms with Crippen molar-refractivity contribution in [2.75, 3.05) is 44.2 Å². The van der Waals surface area contributed by atoms with Crippen molar-refractivity contribution in [1.29, 1.82) is 0 Å². The van der Waals surface area contributed by atoms with Crippen LogP contribution in [0.2, 0.25) is 0 Å². The third-order valence-corrected chi connectivity index (χ3v) is 10.5. The predicted molar refractivity (Wildman–Crippen MR) is 200 cm³/mol. The van der Waals surface area contributed by atoms with Crippen molar-refractivity contribution in [3.63, 3.8) is 0 Å². The van der Waals surface area contributed by atoms with Gasteiger partial charge >= 0.3 is 6.09 Å².